The summed E-state index contributed by atoms with van der Waals surface area (Å²) >= 11 is 1.71. The van der Waals surface area contributed by atoms with Gasteiger partial charge in [-0.2, -0.15) is 0 Å². The molecule has 0 atom stereocenters. The molecule has 0 saturated heterocycles. The van der Waals surface area contributed by atoms with Crippen molar-refractivity contribution in [3.63, 3.8) is 0 Å². The molecule has 1 N–H and O–H groups in total. The summed E-state index contributed by atoms with van der Waals surface area (Å²) in [5.74, 6) is 0.0234. The van der Waals surface area contributed by atoms with Gasteiger partial charge in [-0.05, 0) is 41.6 Å². The molecule has 4 nitrogen and oxygen atoms in total. The topological polar surface area (TPSA) is 46.9 Å². The number of fused-ring (bicyclic) bond motifs is 1. The monoisotopic (exact) mass is 325 g/mol. The molecule has 3 aromatic rings. The van der Waals surface area contributed by atoms with Gasteiger partial charge in [-0.3, -0.25) is 4.79 Å². The number of nitrogens with zero attached hydrogens (tertiary/aromatic N) is 2. The number of aryl methyl sites for hydroxylation is 1. The molecule has 0 aliphatic carbocycles. The Morgan fingerprint density at radius 2 is 2.04 bits per heavy atom. The Morgan fingerprint density at radius 3 is 2.78 bits per heavy atom. The van der Waals surface area contributed by atoms with Crippen LogP contribution in [0.5, 0.6) is 0 Å². The van der Waals surface area contributed by atoms with E-state index in [2.05, 4.69) is 28.7 Å². The molecule has 0 bridgehead atoms. The Hall–Kier alpha value is -2.27. The largest absolute Gasteiger partial charge is 0.352 e. The molecule has 3 rings (SSSR count). The molecule has 2 heterocycles. The summed E-state index contributed by atoms with van der Waals surface area (Å²) in [6.45, 7) is 0.552. The van der Waals surface area contributed by atoms with Crippen molar-refractivity contribution < 1.29 is 4.79 Å². The van der Waals surface area contributed by atoms with Crippen LogP contribution in [-0.4, -0.2) is 21.7 Å². The van der Waals surface area contributed by atoms with Crippen molar-refractivity contribution in [3.05, 3.63) is 59.9 Å². The zero-order valence-electron chi connectivity index (χ0n) is 13.2. The van der Waals surface area contributed by atoms with Crippen LogP contribution in [-0.2, 0) is 24.8 Å². The first-order valence-corrected chi connectivity index (χ1v) is 8.68. The van der Waals surface area contributed by atoms with Crippen molar-refractivity contribution >= 4 is 28.7 Å². The smallest absolute Gasteiger partial charge is 0.224 e. The molecule has 0 fully saturated rings. The summed E-state index contributed by atoms with van der Waals surface area (Å²) in [4.78, 5) is 17.8. The van der Waals surface area contributed by atoms with Crippen molar-refractivity contribution in [2.75, 3.05) is 6.26 Å². The van der Waals surface area contributed by atoms with Gasteiger partial charge in [0.05, 0.1) is 6.42 Å². The van der Waals surface area contributed by atoms with Gasteiger partial charge in [-0.25, -0.2) is 4.98 Å². The van der Waals surface area contributed by atoms with Gasteiger partial charge in [0.1, 0.15) is 5.65 Å². The third-order valence-electron chi connectivity index (χ3n) is 3.82. The number of hydrogen-bond donors (Lipinski definition) is 1. The summed E-state index contributed by atoms with van der Waals surface area (Å²) < 4.78 is 1.96. The number of carbonyl (C=O) groups excluding carboxylic acids is 1. The molecule has 0 saturated carbocycles. The van der Waals surface area contributed by atoms with E-state index in [1.807, 2.05) is 42.1 Å². The van der Waals surface area contributed by atoms with Crippen LogP contribution in [0.25, 0.3) is 11.0 Å². The lowest BCUT2D eigenvalue weighted by atomic mass is 10.1. The average molecular weight is 325 g/mol. The quantitative estimate of drug-likeness (QED) is 0.733. The molecule has 118 valence electrons. The maximum Gasteiger partial charge on any atom is 0.224 e. The number of pyridine rings is 1. The molecule has 23 heavy (non-hydrogen) atoms. The lowest BCUT2D eigenvalue weighted by Crippen LogP contribution is -2.24. The minimum atomic E-state index is 0.0234. The Balaban J connectivity index is 1.64. The molecule has 0 radical (unpaired) electrons. The Morgan fingerprint density at radius 1 is 1.26 bits per heavy atom. The SMILES string of the molecule is CSc1ccc(CNC(=O)Cc2cn(C)c3ncccc23)cc1. The van der Waals surface area contributed by atoms with Gasteiger partial charge >= 0.3 is 0 Å². The second kappa shape index (κ2) is 6.87. The van der Waals surface area contributed by atoms with Crippen molar-refractivity contribution in [1.29, 1.82) is 0 Å². The van der Waals surface area contributed by atoms with Crippen LogP contribution in [0, 0.1) is 0 Å². The number of hydrogen-bond acceptors (Lipinski definition) is 3. The van der Waals surface area contributed by atoms with Crippen LogP contribution >= 0.6 is 11.8 Å². The molecule has 0 aliphatic rings. The van der Waals surface area contributed by atoms with E-state index in [0.29, 0.717) is 13.0 Å². The predicted molar refractivity (Wildman–Crippen MR) is 94.5 cm³/mol. The maximum atomic E-state index is 12.2. The third-order valence-corrected chi connectivity index (χ3v) is 4.56. The van der Waals surface area contributed by atoms with E-state index in [-0.39, 0.29) is 5.91 Å². The molecule has 0 unspecified atom stereocenters. The van der Waals surface area contributed by atoms with Crippen molar-refractivity contribution in [1.82, 2.24) is 14.9 Å². The number of carbonyl (C=O) groups is 1. The maximum absolute atomic E-state index is 12.2. The van der Waals surface area contributed by atoms with E-state index in [0.717, 1.165) is 22.2 Å². The fraction of sp³-hybridized carbons (Fsp3) is 0.222. The molecule has 2 aromatic heterocycles. The van der Waals surface area contributed by atoms with Crippen LogP contribution < -0.4 is 5.32 Å². The highest BCUT2D eigenvalue weighted by Gasteiger charge is 2.11. The van der Waals surface area contributed by atoms with Crippen LogP contribution in [0.15, 0.2) is 53.7 Å². The molecule has 0 aliphatic heterocycles. The molecule has 5 heteroatoms. The molecule has 1 aromatic carbocycles. The Bertz CT molecular complexity index is 824. The van der Waals surface area contributed by atoms with Gasteiger partial charge in [0.15, 0.2) is 0 Å². The van der Waals surface area contributed by atoms with Crippen LogP contribution in [0.1, 0.15) is 11.1 Å². The molecular formula is C18H19N3OS. The zero-order chi connectivity index (χ0) is 16.2. The highest BCUT2D eigenvalue weighted by molar-refractivity contribution is 7.98. The summed E-state index contributed by atoms with van der Waals surface area (Å²) in [6, 6.07) is 12.1. The van der Waals surface area contributed by atoms with E-state index < -0.39 is 0 Å². The number of amides is 1. The van der Waals surface area contributed by atoms with E-state index in [4.69, 9.17) is 0 Å². The number of thioether (sulfide) groups is 1. The van der Waals surface area contributed by atoms with Gasteiger partial charge in [-0.15, -0.1) is 11.8 Å². The first-order chi connectivity index (χ1) is 11.2. The lowest BCUT2D eigenvalue weighted by Gasteiger charge is -2.06. The summed E-state index contributed by atoms with van der Waals surface area (Å²) in [7, 11) is 1.95. The van der Waals surface area contributed by atoms with Crippen molar-refractivity contribution in [2.24, 2.45) is 7.05 Å². The Labute approximate surface area is 139 Å². The first-order valence-electron chi connectivity index (χ1n) is 7.46. The van der Waals surface area contributed by atoms with E-state index in [1.54, 1.807) is 18.0 Å². The van der Waals surface area contributed by atoms with Crippen LogP contribution in [0.3, 0.4) is 0 Å². The molecule has 1 amide bonds. The molecule has 0 spiro atoms. The normalized spacial score (nSPS) is 10.9. The first kappa shape index (κ1) is 15.6. The lowest BCUT2D eigenvalue weighted by molar-refractivity contribution is -0.120. The predicted octanol–water partition coefficient (Wildman–Crippen LogP) is 3.15. The number of rotatable bonds is 5. The van der Waals surface area contributed by atoms with E-state index in [9.17, 15) is 4.79 Å². The standard InChI is InChI=1S/C18H19N3OS/c1-21-12-14(16-4-3-9-19-18(16)21)10-17(22)20-11-13-5-7-15(23-2)8-6-13/h3-9,12H,10-11H2,1-2H3,(H,20,22). The van der Waals surface area contributed by atoms with Crippen LogP contribution in [0.2, 0.25) is 0 Å². The number of nitrogens with one attached hydrogen (secondary N) is 1. The average Bonchev–Trinajstić information content (AvgIpc) is 2.90. The summed E-state index contributed by atoms with van der Waals surface area (Å²) in [6.07, 6.45) is 6.16. The number of benzene rings is 1. The summed E-state index contributed by atoms with van der Waals surface area (Å²) in [5, 5.41) is 4.02. The second-order valence-electron chi connectivity index (χ2n) is 5.44. The van der Waals surface area contributed by atoms with Gasteiger partial charge in [0, 0.05) is 36.3 Å². The van der Waals surface area contributed by atoms with Crippen molar-refractivity contribution in [3.8, 4) is 0 Å². The van der Waals surface area contributed by atoms with Gasteiger partial charge in [0.25, 0.3) is 0 Å². The second-order valence-corrected chi connectivity index (χ2v) is 6.32. The minimum absolute atomic E-state index is 0.0234. The Kier molecular flexibility index (Phi) is 4.67. The number of aromatic nitrogens is 2. The van der Waals surface area contributed by atoms with E-state index in [1.165, 1.54) is 4.90 Å². The highest BCUT2D eigenvalue weighted by atomic mass is 32.2. The van der Waals surface area contributed by atoms with Crippen LogP contribution in [0.4, 0.5) is 0 Å². The van der Waals surface area contributed by atoms with E-state index >= 15 is 0 Å². The van der Waals surface area contributed by atoms with Gasteiger partial charge < -0.3 is 9.88 Å². The summed E-state index contributed by atoms with van der Waals surface area (Å²) in [5.41, 5.74) is 3.02. The fourth-order valence-electron chi connectivity index (χ4n) is 2.61. The van der Waals surface area contributed by atoms with Crippen molar-refractivity contribution in [2.45, 2.75) is 17.9 Å². The van der Waals surface area contributed by atoms with Gasteiger partial charge in [-0.1, -0.05) is 12.1 Å². The third kappa shape index (κ3) is 3.56. The fourth-order valence-corrected chi connectivity index (χ4v) is 3.02. The highest BCUT2D eigenvalue weighted by Crippen LogP contribution is 2.19. The van der Waals surface area contributed by atoms with Gasteiger partial charge in [0.2, 0.25) is 5.91 Å². The minimum Gasteiger partial charge on any atom is -0.352 e. The zero-order valence-corrected chi connectivity index (χ0v) is 14.1. The molecular weight excluding hydrogens is 306 g/mol.